The molecule has 0 fully saturated rings. The molecule has 0 aliphatic rings. The molecule has 0 bridgehead atoms. The molecule has 1 heteroatoms. The van der Waals surface area contributed by atoms with E-state index in [1.165, 1.54) is 44.9 Å². The van der Waals surface area contributed by atoms with Gasteiger partial charge in [0.05, 0.1) is 6.10 Å². The molecule has 1 atom stereocenters. The molecule has 1 nitrogen and oxygen atoms in total. The van der Waals surface area contributed by atoms with Gasteiger partial charge >= 0.3 is 0 Å². The molecule has 1 N–H and O–H groups in total. The van der Waals surface area contributed by atoms with Crippen molar-refractivity contribution in [2.45, 2.75) is 77.7 Å². The van der Waals surface area contributed by atoms with Crippen molar-refractivity contribution in [2.24, 2.45) is 5.92 Å². The maximum absolute atomic E-state index is 10.1. The summed E-state index contributed by atoms with van der Waals surface area (Å²) in [7, 11) is 0. The van der Waals surface area contributed by atoms with Crippen molar-refractivity contribution >= 4 is 0 Å². The summed E-state index contributed by atoms with van der Waals surface area (Å²) in [5.41, 5.74) is 0. The quantitative estimate of drug-likeness (QED) is 0.400. The monoisotopic (exact) mass is 226 g/mol. The molecular weight excluding hydrogens is 196 g/mol. The third kappa shape index (κ3) is 7.92. The Morgan fingerprint density at radius 1 is 1.00 bits per heavy atom. The fourth-order valence-electron chi connectivity index (χ4n) is 2.33. The van der Waals surface area contributed by atoms with Crippen LogP contribution in [0.25, 0.3) is 0 Å². The van der Waals surface area contributed by atoms with Crippen LogP contribution in [-0.4, -0.2) is 11.2 Å². The van der Waals surface area contributed by atoms with Crippen molar-refractivity contribution in [3.8, 4) is 0 Å². The predicted molar refractivity (Wildman–Crippen MR) is 72.6 cm³/mol. The van der Waals surface area contributed by atoms with Crippen LogP contribution in [0.15, 0.2) is 12.7 Å². The number of rotatable bonds is 11. The minimum absolute atomic E-state index is 0.0661. The number of allylic oxidation sites excluding steroid dienone is 1. The van der Waals surface area contributed by atoms with E-state index < -0.39 is 0 Å². The lowest BCUT2D eigenvalue weighted by molar-refractivity contribution is 0.0853. The molecule has 0 aromatic heterocycles. The first-order valence-corrected chi connectivity index (χ1v) is 7.05. The molecule has 96 valence electrons. The number of aliphatic hydroxyl groups is 1. The fraction of sp³-hybridized carbons (Fsp3) is 0.867. The van der Waals surface area contributed by atoms with E-state index in [1.54, 1.807) is 0 Å². The third-order valence-electron chi connectivity index (χ3n) is 3.27. The Bertz CT molecular complexity index is 148. The molecule has 0 spiro atoms. The summed E-state index contributed by atoms with van der Waals surface area (Å²) in [6, 6.07) is 0. The maximum Gasteiger partial charge on any atom is 0.0568 e. The van der Waals surface area contributed by atoms with E-state index in [9.17, 15) is 5.11 Å². The molecule has 0 amide bonds. The highest BCUT2D eigenvalue weighted by Crippen LogP contribution is 2.21. The van der Waals surface area contributed by atoms with Crippen LogP contribution in [0.5, 0.6) is 0 Å². The van der Waals surface area contributed by atoms with E-state index in [0.29, 0.717) is 5.92 Å². The Labute approximate surface area is 102 Å². The van der Waals surface area contributed by atoms with Gasteiger partial charge in [-0.3, -0.25) is 0 Å². The van der Waals surface area contributed by atoms with Gasteiger partial charge < -0.3 is 5.11 Å². The van der Waals surface area contributed by atoms with Crippen molar-refractivity contribution in [2.75, 3.05) is 0 Å². The Morgan fingerprint density at radius 2 is 1.62 bits per heavy atom. The highest BCUT2D eigenvalue weighted by atomic mass is 16.3. The molecule has 0 heterocycles. The van der Waals surface area contributed by atoms with Crippen LogP contribution < -0.4 is 0 Å². The van der Waals surface area contributed by atoms with Gasteiger partial charge in [0.25, 0.3) is 0 Å². The molecule has 0 saturated carbocycles. The zero-order chi connectivity index (χ0) is 12.2. The van der Waals surface area contributed by atoms with Gasteiger partial charge in [-0.1, -0.05) is 45.6 Å². The van der Waals surface area contributed by atoms with E-state index in [0.717, 1.165) is 12.8 Å². The zero-order valence-electron chi connectivity index (χ0n) is 11.3. The number of aliphatic hydroxyl groups excluding tert-OH is 1. The van der Waals surface area contributed by atoms with Crippen LogP contribution in [0.3, 0.4) is 0 Å². The van der Waals surface area contributed by atoms with Gasteiger partial charge in [-0.25, -0.2) is 0 Å². The number of unbranched alkanes of at least 4 members (excludes halogenated alkanes) is 3. The standard InChI is InChI=1S/C15H30O/c1-4-7-8-9-10-13-15(16)14(11-5-2)12-6-3/h4,14-16H,1,5-13H2,2-3H3. The third-order valence-corrected chi connectivity index (χ3v) is 3.27. The molecule has 0 aliphatic carbocycles. The van der Waals surface area contributed by atoms with E-state index in [-0.39, 0.29) is 6.10 Å². The van der Waals surface area contributed by atoms with E-state index >= 15 is 0 Å². The van der Waals surface area contributed by atoms with Crippen LogP contribution >= 0.6 is 0 Å². The lowest BCUT2D eigenvalue weighted by atomic mass is 9.89. The molecule has 0 rings (SSSR count). The van der Waals surface area contributed by atoms with Crippen LogP contribution in [0, 0.1) is 5.92 Å². The molecule has 0 aliphatic heterocycles. The second-order valence-electron chi connectivity index (χ2n) is 4.83. The topological polar surface area (TPSA) is 20.2 Å². The van der Waals surface area contributed by atoms with Crippen molar-refractivity contribution in [3.63, 3.8) is 0 Å². The van der Waals surface area contributed by atoms with Crippen molar-refractivity contribution in [1.29, 1.82) is 0 Å². The molecule has 0 aromatic rings. The summed E-state index contributed by atoms with van der Waals surface area (Å²) in [5.74, 6) is 0.536. The minimum Gasteiger partial charge on any atom is -0.393 e. The largest absolute Gasteiger partial charge is 0.393 e. The Morgan fingerprint density at radius 3 is 2.12 bits per heavy atom. The lowest BCUT2D eigenvalue weighted by Gasteiger charge is -2.22. The van der Waals surface area contributed by atoms with Gasteiger partial charge in [0.2, 0.25) is 0 Å². The summed E-state index contributed by atoms with van der Waals surface area (Å²) in [4.78, 5) is 0. The summed E-state index contributed by atoms with van der Waals surface area (Å²) >= 11 is 0. The lowest BCUT2D eigenvalue weighted by Crippen LogP contribution is -2.20. The van der Waals surface area contributed by atoms with Crippen molar-refractivity contribution in [3.05, 3.63) is 12.7 Å². The van der Waals surface area contributed by atoms with Crippen LogP contribution in [-0.2, 0) is 0 Å². The number of hydrogen-bond donors (Lipinski definition) is 1. The second-order valence-corrected chi connectivity index (χ2v) is 4.83. The predicted octanol–water partition coefficient (Wildman–Crippen LogP) is 4.70. The minimum atomic E-state index is -0.0661. The first-order valence-electron chi connectivity index (χ1n) is 7.05. The summed E-state index contributed by atoms with van der Waals surface area (Å²) in [5, 5.41) is 10.1. The molecule has 0 aromatic carbocycles. The Kier molecular flexibility index (Phi) is 11.0. The van der Waals surface area contributed by atoms with Gasteiger partial charge in [0.15, 0.2) is 0 Å². The highest BCUT2D eigenvalue weighted by Gasteiger charge is 2.16. The average Bonchev–Trinajstić information content (AvgIpc) is 2.28. The van der Waals surface area contributed by atoms with E-state index in [2.05, 4.69) is 20.4 Å². The average molecular weight is 226 g/mol. The summed E-state index contributed by atoms with van der Waals surface area (Å²) in [6.45, 7) is 8.14. The smallest absolute Gasteiger partial charge is 0.0568 e. The highest BCUT2D eigenvalue weighted by molar-refractivity contribution is 4.70. The van der Waals surface area contributed by atoms with E-state index in [1.807, 2.05) is 6.08 Å². The molecule has 0 radical (unpaired) electrons. The van der Waals surface area contributed by atoms with Gasteiger partial charge in [-0.15, -0.1) is 6.58 Å². The first-order chi connectivity index (χ1) is 7.76. The van der Waals surface area contributed by atoms with E-state index in [4.69, 9.17) is 0 Å². The molecule has 1 unspecified atom stereocenters. The molecular formula is C15H30O. The normalized spacial score (nSPS) is 13.0. The molecule has 0 saturated heterocycles. The van der Waals surface area contributed by atoms with Gasteiger partial charge in [0.1, 0.15) is 0 Å². The van der Waals surface area contributed by atoms with Crippen molar-refractivity contribution < 1.29 is 5.11 Å². The van der Waals surface area contributed by atoms with Gasteiger partial charge in [0, 0.05) is 0 Å². The Hall–Kier alpha value is -0.300. The van der Waals surface area contributed by atoms with Crippen LogP contribution in [0.2, 0.25) is 0 Å². The van der Waals surface area contributed by atoms with Crippen LogP contribution in [0.4, 0.5) is 0 Å². The maximum atomic E-state index is 10.1. The summed E-state index contributed by atoms with van der Waals surface area (Å²) in [6.07, 6.45) is 12.4. The second kappa shape index (κ2) is 11.2. The Balaban J connectivity index is 3.64. The van der Waals surface area contributed by atoms with Gasteiger partial charge in [-0.05, 0) is 38.0 Å². The summed E-state index contributed by atoms with van der Waals surface area (Å²) < 4.78 is 0. The van der Waals surface area contributed by atoms with Crippen LogP contribution in [0.1, 0.15) is 71.6 Å². The zero-order valence-corrected chi connectivity index (χ0v) is 11.3. The number of hydrogen-bond acceptors (Lipinski definition) is 1. The molecule has 16 heavy (non-hydrogen) atoms. The van der Waals surface area contributed by atoms with Gasteiger partial charge in [-0.2, -0.15) is 0 Å². The first kappa shape index (κ1) is 15.7. The SMILES string of the molecule is C=CCCCCCC(O)C(CCC)CCC. The van der Waals surface area contributed by atoms with Crippen molar-refractivity contribution in [1.82, 2.24) is 0 Å². The fourth-order valence-corrected chi connectivity index (χ4v) is 2.33.